The van der Waals surface area contributed by atoms with Gasteiger partial charge in [0.1, 0.15) is 6.04 Å². The van der Waals surface area contributed by atoms with E-state index in [1.807, 2.05) is 0 Å². The molecule has 1 atom stereocenters. The van der Waals surface area contributed by atoms with Crippen LogP contribution in [0.5, 0.6) is 0 Å². The smallest absolute Gasteiger partial charge is 0.327 e. The number of aromatic amines is 1. The second-order valence-corrected chi connectivity index (χ2v) is 7.10. The number of aromatic nitrogens is 4. The second-order valence-electron chi connectivity index (χ2n) is 6.74. The molecule has 0 saturated carbocycles. The summed E-state index contributed by atoms with van der Waals surface area (Å²) in [7, 11) is 0. The van der Waals surface area contributed by atoms with Crippen molar-refractivity contribution in [2.45, 2.75) is 12.6 Å². The number of carboxylic acids is 1. The average molecular weight is 472 g/mol. The lowest BCUT2D eigenvalue weighted by atomic mass is 10.2. The molecule has 3 aromatic rings. The van der Waals surface area contributed by atoms with Crippen LogP contribution in [-0.4, -0.2) is 61.2 Å². The summed E-state index contributed by atoms with van der Waals surface area (Å²) < 4.78 is 0. The fourth-order valence-corrected chi connectivity index (χ4v) is 2.93. The van der Waals surface area contributed by atoms with Gasteiger partial charge < -0.3 is 26.8 Å². The quantitative estimate of drug-likeness (QED) is 0.192. The molecule has 0 radical (unpaired) electrons. The zero-order valence-corrected chi connectivity index (χ0v) is 17.9. The number of nitrogens with one attached hydrogen (secondary N) is 4. The topological polar surface area (TPSA) is 205 Å². The highest BCUT2D eigenvalue weighted by Gasteiger charge is 2.18. The standard InChI is InChI=1S/C19H20N8O5S/c20-19-26-15-14(17(30)27-19)24-11(6-22-15)5-21-10-3-1-9(2-4-10)16(29)23-7-13(28)25-12(8-33)18(31)32/h1-4,6,12,21,33H,5,7-8H2,(H,23,29)(H,25,28)(H,31,32)(H3,20,22,26,27,30). The van der Waals surface area contributed by atoms with E-state index in [0.717, 1.165) is 0 Å². The van der Waals surface area contributed by atoms with Crippen molar-refractivity contribution in [1.82, 2.24) is 30.6 Å². The van der Waals surface area contributed by atoms with E-state index >= 15 is 0 Å². The number of fused-ring (bicyclic) bond motifs is 1. The predicted octanol–water partition coefficient (Wildman–Crippen LogP) is -0.864. The van der Waals surface area contributed by atoms with Gasteiger partial charge in [-0.15, -0.1) is 0 Å². The van der Waals surface area contributed by atoms with Crippen molar-refractivity contribution in [3.63, 3.8) is 0 Å². The van der Waals surface area contributed by atoms with Crippen molar-refractivity contribution in [2.75, 3.05) is 23.3 Å². The lowest BCUT2D eigenvalue weighted by molar-refractivity contribution is -0.140. The zero-order chi connectivity index (χ0) is 24.0. The fourth-order valence-electron chi connectivity index (χ4n) is 2.68. The fraction of sp³-hybridized carbons (Fsp3) is 0.211. The van der Waals surface area contributed by atoms with Crippen molar-refractivity contribution in [3.8, 4) is 0 Å². The van der Waals surface area contributed by atoms with Crippen LogP contribution in [0, 0.1) is 0 Å². The highest BCUT2D eigenvalue weighted by Crippen LogP contribution is 2.11. The van der Waals surface area contributed by atoms with Crippen molar-refractivity contribution >= 4 is 53.2 Å². The maximum Gasteiger partial charge on any atom is 0.327 e. The van der Waals surface area contributed by atoms with Crippen molar-refractivity contribution in [2.24, 2.45) is 0 Å². The number of thiol groups is 1. The van der Waals surface area contributed by atoms with Gasteiger partial charge in [0.2, 0.25) is 11.9 Å². The van der Waals surface area contributed by atoms with Gasteiger partial charge in [0, 0.05) is 17.0 Å². The summed E-state index contributed by atoms with van der Waals surface area (Å²) in [4.78, 5) is 61.4. The molecule has 2 amide bonds. The molecule has 0 aliphatic rings. The van der Waals surface area contributed by atoms with Crippen molar-refractivity contribution in [1.29, 1.82) is 0 Å². The second kappa shape index (κ2) is 10.4. The summed E-state index contributed by atoms with van der Waals surface area (Å²) in [6, 6.07) is 5.27. The first-order valence-corrected chi connectivity index (χ1v) is 10.2. The number of carbonyl (C=O) groups excluding carboxylic acids is 2. The number of nitrogens with two attached hydrogens (primary N) is 1. The molecule has 0 aliphatic heterocycles. The third-order valence-corrected chi connectivity index (χ3v) is 4.70. The minimum atomic E-state index is -1.21. The Kier molecular flexibility index (Phi) is 7.40. The number of benzene rings is 1. The van der Waals surface area contributed by atoms with Crippen LogP contribution in [0.3, 0.4) is 0 Å². The van der Waals surface area contributed by atoms with E-state index in [2.05, 4.69) is 48.5 Å². The molecule has 14 heteroatoms. The van der Waals surface area contributed by atoms with Gasteiger partial charge in [-0.1, -0.05) is 0 Å². The Morgan fingerprint density at radius 1 is 1.18 bits per heavy atom. The molecule has 0 saturated heterocycles. The van der Waals surface area contributed by atoms with Gasteiger partial charge in [-0.25, -0.2) is 14.8 Å². The third-order valence-electron chi connectivity index (χ3n) is 4.33. The number of carboxylic acid groups (broad SMARTS) is 1. The van der Waals surface area contributed by atoms with E-state index in [1.165, 1.54) is 6.20 Å². The number of H-pyrrole nitrogens is 1. The van der Waals surface area contributed by atoms with Gasteiger partial charge in [0.25, 0.3) is 11.5 Å². The van der Waals surface area contributed by atoms with Gasteiger partial charge >= 0.3 is 5.97 Å². The SMILES string of the molecule is Nc1nc2ncc(CNc3ccc(C(=O)NCC(=O)NC(CS)C(=O)O)cc3)nc2c(=O)[nH]1. The molecule has 2 heterocycles. The van der Waals surface area contributed by atoms with Crippen LogP contribution < -0.4 is 27.2 Å². The molecule has 13 nitrogen and oxygen atoms in total. The first-order valence-electron chi connectivity index (χ1n) is 9.53. The van der Waals surface area contributed by atoms with Crippen LogP contribution in [0.25, 0.3) is 11.2 Å². The molecule has 0 aliphatic carbocycles. The molecule has 2 aromatic heterocycles. The Morgan fingerprint density at radius 2 is 1.91 bits per heavy atom. The normalized spacial score (nSPS) is 11.5. The maximum atomic E-state index is 12.2. The number of hydrogen-bond acceptors (Lipinski definition) is 10. The highest BCUT2D eigenvalue weighted by molar-refractivity contribution is 7.80. The Labute approximate surface area is 191 Å². The van der Waals surface area contributed by atoms with Gasteiger partial charge in [-0.3, -0.25) is 19.4 Å². The van der Waals surface area contributed by atoms with E-state index in [-0.39, 0.29) is 36.0 Å². The summed E-state index contributed by atoms with van der Waals surface area (Å²) >= 11 is 3.85. The Balaban J connectivity index is 1.54. The molecule has 0 spiro atoms. The summed E-state index contributed by atoms with van der Waals surface area (Å²) in [6.07, 6.45) is 1.47. The lowest BCUT2D eigenvalue weighted by Crippen LogP contribution is -2.46. The molecule has 7 N–H and O–H groups in total. The number of anilines is 2. The number of aliphatic carboxylic acids is 1. The lowest BCUT2D eigenvalue weighted by Gasteiger charge is -2.12. The number of nitrogen functional groups attached to an aromatic ring is 1. The predicted molar refractivity (Wildman–Crippen MR) is 122 cm³/mol. The average Bonchev–Trinajstić information content (AvgIpc) is 2.79. The number of nitrogens with zero attached hydrogens (tertiary/aromatic N) is 3. The minimum Gasteiger partial charge on any atom is -0.480 e. The van der Waals surface area contributed by atoms with Crippen LogP contribution in [0.1, 0.15) is 16.1 Å². The first-order chi connectivity index (χ1) is 15.8. The summed E-state index contributed by atoms with van der Waals surface area (Å²) in [5.74, 6) is -2.47. The van der Waals surface area contributed by atoms with Crippen LogP contribution in [0.15, 0.2) is 35.3 Å². The molecule has 1 aromatic carbocycles. The van der Waals surface area contributed by atoms with Crippen LogP contribution in [0.2, 0.25) is 0 Å². The van der Waals surface area contributed by atoms with Crippen LogP contribution in [-0.2, 0) is 16.1 Å². The van der Waals surface area contributed by atoms with Gasteiger partial charge in [0.15, 0.2) is 11.2 Å². The van der Waals surface area contributed by atoms with Gasteiger partial charge in [0.05, 0.1) is 25.0 Å². The summed E-state index contributed by atoms with van der Waals surface area (Å²) in [5, 5.41) is 16.7. The first kappa shape index (κ1) is 23.5. The van der Waals surface area contributed by atoms with Gasteiger partial charge in [-0.2, -0.15) is 17.6 Å². The summed E-state index contributed by atoms with van der Waals surface area (Å²) in [6.45, 7) is -0.120. The Bertz CT molecular complexity index is 1250. The van der Waals surface area contributed by atoms with E-state index in [0.29, 0.717) is 16.9 Å². The zero-order valence-electron chi connectivity index (χ0n) is 17.0. The Hall–Kier alpha value is -4.20. The maximum absolute atomic E-state index is 12.2. The molecule has 0 fully saturated rings. The van der Waals surface area contributed by atoms with Crippen LogP contribution in [0.4, 0.5) is 11.6 Å². The Morgan fingerprint density at radius 3 is 2.58 bits per heavy atom. The van der Waals surface area contributed by atoms with E-state index in [9.17, 15) is 19.2 Å². The molecule has 1 unspecified atom stereocenters. The molecule has 172 valence electrons. The number of amides is 2. The highest BCUT2D eigenvalue weighted by atomic mass is 32.1. The largest absolute Gasteiger partial charge is 0.480 e. The summed E-state index contributed by atoms with van der Waals surface area (Å²) in [5.41, 5.74) is 6.69. The molecular formula is C19H20N8O5S. The molecule has 33 heavy (non-hydrogen) atoms. The van der Waals surface area contributed by atoms with Crippen molar-refractivity contribution < 1.29 is 19.5 Å². The van der Waals surface area contributed by atoms with Crippen molar-refractivity contribution in [3.05, 3.63) is 52.1 Å². The molecule has 3 rings (SSSR count). The molecule has 0 bridgehead atoms. The number of rotatable bonds is 9. The van der Waals surface area contributed by atoms with Gasteiger partial charge in [-0.05, 0) is 24.3 Å². The van der Waals surface area contributed by atoms with E-state index < -0.39 is 29.4 Å². The molecular weight excluding hydrogens is 452 g/mol. The van der Waals surface area contributed by atoms with Crippen LogP contribution >= 0.6 is 12.6 Å². The number of carbonyl (C=O) groups is 3. The monoisotopic (exact) mass is 472 g/mol. The number of hydrogen-bond donors (Lipinski definition) is 7. The third kappa shape index (κ3) is 6.16. The van der Waals surface area contributed by atoms with E-state index in [1.54, 1.807) is 24.3 Å². The minimum absolute atomic E-state index is 0.0421. The van der Waals surface area contributed by atoms with E-state index in [4.69, 9.17) is 10.8 Å².